The Balaban J connectivity index is 0.00000180. The van der Waals surface area contributed by atoms with Crippen molar-refractivity contribution in [3.8, 4) is 0 Å². The highest BCUT2D eigenvalue weighted by molar-refractivity contribution is 5.85. The molecule has 2 rings (SSSR count). The van der Waals surface area contributed by atoms with Crippen LogP contribution in [-0.2, 0) is 4.79 Å². The van der Waals surface area contributed by atoms with Gasteiger partial charge in [0, 0.05) is 19.0 Å². The minimum absolute atomic E-state index is 0. The Labute approximate surface area is 123 Å². The van der Waals surface area contributed by atoms with Crippen molar-refractivity contribution in [3.63, 3.8) is 0 Å². The van der Waals surface area contributed by atoms with Gasteiger partial charge in [0.25, 0.3) is 0 Å². The van der Waals surface area contributed by atoms with E-state index < -0.39 is 0 Å². The van der Waals surface area contributed by atoms with E-state index in [-0.39, 0.29) is 12.4 Å². The largest absolute Gasteiger partial charge is 0.355 e. The normalized spacial score (nSPS) is 26.6. The third kappa shape index (κ3) is 5.31. The van der Waals surface area contributed by atoms with E-state index in [1.165, 1.54) is 32.1 Å². The van der Waals surface area contributed by atoms with Gasteiger partial charge in [-0.2, -0.15) is 0 Å². The first-order chi connectivity index (χ1) is 8.83. The SMILES string of the molecule is CCCNCCNC(=O)C1CC1C1CCCCC1.Cl. The lowest BCUT2D eigenvalue weighted by Crippen LogP contribution is -2.33. The van der Waals surface area contributed by atoms with Gasteiger partial charge in [0.15, 0.2) is 0 Å². The highest BCUT2D eigenvalue weighted by Gasteiger charge is 2.47. The molecule has 1 amide bonds. The maximum absolute atomic E-state index is 12.0. The van der Waals surface area contributed by atoms with E-state index in [4.69, 9.17) is 0 Å². The summed E-state index contributed by atoms with van der Waals surface area (Å²) in [4.78, 5) is 12.0. The minimum atomic E-state index is 0. The van der Waals surface area contributed by atoms with Crippen molar-refractivity contribution in [2.75, 3.05) is 19.6 Å². The molecule has 2 saturated carbocycles. The number of hydrogen-bond donors (Lipinski definition) is 2. The van der Waals surface area contributed by atoms with Crippen molar-refractivity contribution in [1.29, 1.82) is 0 Å². The van der Waals surface area contributed by atoms with Crippen LogP contribution < -0.4 is 10.6 Å². The first kappa shape index (κ1) is 16.8. The van der Waals surface area contributed by atoms with Gasteiger partial charge in [0.05, 0.1) is 0 Å². The Morgan fingerprint density at radius 2 is 1.84 bits per heavy atom. The zero-order chi connectivity index (χ0) is 12.8. The average Bonchev–Trinajstić information content (AvgIpc) is 3.20. The molecule has 4 heteroatoms. The van der Waals surface area contributed by atoms with Crippen LogP contribution in [0.25, 0.3) is 0 Å². The number of carbonyl (C=O) groups is 1. The lowest BCUT2D eigenvalue weighted by atomic mass is 9.85. The summed E-state index contributed by atoms with van der Waals surface area (Å²) in [5.41, 5.74) is 0. The maximum atomic E-state index is 12.0. The first-order valence-corrected chi connectivity index (χ1v) is 7.81. The highest BCUT2D eigenvalue weighted by Crippen LogP contribution is 2.49. The van der Waals surface area contributed by atoms with E-state index in [2.05, 4.69) is 17.6 Å². The monoisotopic (exact) mass is 288 g/mol. The van der Waals surface area contributed by atoms with Crippen LogP contribution in [0.2, 0.25) is 0 Å². The van der Waals surface area contributed by atoms with Crippen LogP contribution in [0.4, 0.5) is 0 Å². The number of halogens is 1. The molecule has 2 fully saturated rings. The van der Waals surface area contributed by atoms with Gasteiger partial charge in [-0.05, 0) is 31.2 Å². The van der Waals surface area contributed by atoms with Crippen molar-refractivity contribution >= 4 is 18.3 Å². The van der Waals surface area contributed by atoms with Crippen LogP contribution >= 0.6 is 12.4 Å². The van der Waals surface area contributed by atoms with Gasteiger partial charge in [-0.15, -0.1) is 12.4 Å². The summed E-state index contributed by atoms with van der Waals surface area (Å²) in [6, 6.07) is 0. The lowest BCUT2D eigenvalue weighted by Gasteiger charge is -2.21. The van der Waals surface area contributed by atoms with Gasteiger partial charge in [0.2, 0.25) is 5.91 Å². The van der Waals surface area contributed by atoms with Crippen molar-refractivity contribution in [2.24, 2.45) is 17.8 Å². The van der Waals surface area contributed by atoms with Crippen molar-refractivity contribution in [2.45, 2.75) is 51.9 Å². The molecule has 0 aromatic carbocycles. The molecule has 112 valence electrons. The molecule has 0 spiro atoms. The minimum Gasteiger partial charge on any atom is -0.355 e. The predicted octanol–water partition coefficient (Wildman–Crippen LogP) is 2.74. The van der Waals surface area contributed by atoms with E-state index in [1.807, 2.05) is 0 Å². The molecule has 2 N–H and O–H groups in total. The number of carbonyl (C=O) groups excluding carboxylic acids is 1. The zero-order valence-corrected chi connectivity index (χ0v) is 12.9. The molecule has 2 aliphatic rings. The second-order valence-electron chi connectivity index (χ2n) is 5.95. The van der Waals surface area contributed by atoms with Crippen LogP contribution in [0.1, 0.15) is 51.9 Å². The summed E-state index contributed by atoms with van der Waals surface area (Å²) in [6.45, 7) is 4.89. The van der Waals surface area contributed by atoms with Crippen LogP contribution in [0.15, 0.2) is 0 Å². The molecule has 2 unspecified atom stereocenters. The van der Waals surface area contributed by atoms with Gasteiger partial charge in [-0.3, -0.25) is 4.79 Å². The Morgan fingerprint density at radius 3 is 2.53 bits per heavy atom. The Morgan fingerprint density at radius 1 is 1.11 bits per heavy atom. The number of nitrogens with one attached hydrogen (secondary N) is 2. The average molecular weight is 289 g/mol. The molecule has 0 aromatic rings. The summed E-state index contributed by atoms with van der Waals surface area (Å²) in [6.07, 6.45) is 9.22. The topological polar surface area (TPSA) is 41.1 Å². The fourth-order valence-electron chi connectivity index (χ4n) is 3.31. The van der Waals surface area contributed by atoms with E-state index in [1.54, 1.807) is 0 Å². The quantitative estimate of drug-likeness (QED) is 0.707. The van der Waals surface area contributed by atoms with E-state index >= 15 is 0 Å². The number of amides is 1. The second kappa shape index (κ2) is 8.80. The summed E-state index contributed by atoms with van der Waals surface area (Å²) in [5, 5.41) is 6.38. The maximum Gasteiger partial charge on any atom is 0.223 e. The summed E-state index contributed by atoms with van der Waals surface area (Å²) in [5.74, 6) is 2.23. The van der Waals surface area contributed by atoms with E-state index in [0.717, 1.165) is 38.4 Å². The van der Waals surface area contributed by atoms with Crippen LogP contribution in [0, 0.1) is 17.8 Å². The Bertz CT molecular complexity index is 267. The van der Waals surface area contributed by atoms with Crippen LogP contribution in [0.5, 0.6) is 0 Å². The van der Waals surface area contributed by atoms with Gasteiger partial charge in [0.1, 0.15) is 0 Å². The number of hydrogen-bond acceptors (Lipinski definition) is 2. The van der Waals surface area contributed by atoms with Gasteiger partial charge in [-0.1, -0.05) is 39.0 Å². The smallest absolute Gasteiger partial charge is 0.223 e. The molecule has 0 radical (unpaired) electrons. The Hall–Kier alpha value is -0.280. The summed E-state index contributed by atoms with van der Waals surface area (Å²) in [7, 11) is 0. The molecule has 0 heterocycles. The van der Waals surface area contributed by atoms with Gasteiger partial charge in [-0.25, -0.2) is 0 Å². The zero-order valence-electron chi connectivity index (χ0n) is 12.1. The summed E-state index contributed by atoms with van der Waals surface area (Å²) < 4.78 is 0. The molecule has 0 saturated heterocycles. The molecular weight excluding hydrogens is 260 g/mol. The second-order valence-corrected chi connectivity index (χ2v) is 5.95. The van der Waals surface area contributed by atoms with E-state index in [9.17, 15) is 4.79 Å². The molecule has 3 nitrogen and oxygen atoms in total. The molecule has 2 aliphatic carbocycles. The molecule has 2 atom stereocenters. The Kier molecular flexibility index (Phi) is 7.77. The van der Waals surface area contributed by atoms with Crippen molar-refractivity contribution < 1.29 is 4.79 Å². The third-order valence-electron chi connectivity index (χ3n) is 4.46. The van der Waals surface area contributed by atoms with Crippen LogP contribution in [0.3, 0.4) is 0 Å². The van der Waals surface area contributed by atoms with Gasteiger partial charge >= 0.3 is 0 Å². The van der Waals surface area contributed by atoms with Gasteiger partial charge < -0.3 is 10.6 Å². The van der Waals surface area contributed by atoms with Crippen molar-refractivity contribution in [1.82, 2.24) is 10.6 Å². The highest BCUT2D eigenvalue weighted by atomic mass is 35.5. The fraction of sp³-hybridized carbons (Fsp3) is 0.933. The summed E-state index contributed by atoms with van der Waals surface area (Å²) >= 11 is 0. The van der Waals surface area contributed by atoms with Crippen LogP contribution in [-0.4, -0.2) is 25.5 Å². The standard InChI is InChI=1S/C15H28N2O.ClH/c1-2-8-16-9-10-17-15(18)14-11-13(14)12-6-4-3-5-7-12;/h12-14,16H,2-11H2,1H3,(H,17,18);1H. The third-order valence-corrected chi connectivity index (χ3v) is 4.46. The molecular formula is C15H29ClN2O. The van der Waals surface area contributed by atoms with Crippen molar-refractivity contribution in [3.05, 3.63) is 0 Å². The first-order valence-electron chi connectivity index (χ1n) is 7.81. The molecule has 19 heavy (non-hydrogen) atoms. The van der Waals surface area contributed by atoms with E-state index in [0.29, 0.717) is 17.7 Å². The predicted molar refractivity (Wildman–Crippen MR) is 81.6 cm³/mol. The number of rotatable bonds is 7. The molecule has 0 aromatic heterocycles. The lowest BCUT2D eigenvalue weighted by molar-refractivity contribution is -0.122. The molecule has 0 aliphatic heterocycles. The fourth-order valence-corrected chi connectivity index (χ4v) is 3.31. The molecule has 0 bridgehead atoms.